The van der Waals surface area contributed by atoms with Gasteiger partial charge in [-0.15, -0.1) is 0 Å². The molecule has 1 aromatic heterocycles. The van der Waals surface area contributed by atoms with E-state index < -0.39 is 0 Å². The molecule has 1 aliphatic rings. The van der Waals surface area contributed by atoms with E-state index in [2.05, 4.69) is 4.57 Å². The average Bonchev–Trinajstić information content (AvgIpc) is 3.38. The van der Waals surface area contributed by atoms with Gasteiger partial charge in [0.2, 0.25) is 0 Å². The molecule has 37 heavy (non-hydrogen) atoms. The van der Waals surface area contributed by atoms with Crippen LogP contribution >= 0.6 is 35.0 Å². The summed E-state index contributed by atoms with van der Waals surface area (Å²) in [5.74, 6) is -0.283. The molecule has 0 aliphatic carbocycles. The third kappa shape index (κ3) is 4.55. The van der Waals surface area contributed by atoms with Gasteiger partial charge < -0.3 is 4.57 Å². The number of nitrogens with zero attached hydrogens (tertiary/aromatic N) is 2. The molecule has 5 aromatic rings. The molecule has 0 unspecified atom stereocenters. The summed E-state index contributed by atoms with van der Waals surface area (Å²) in [7, 11) is 0. The second kappa shape index (κ2) is 9.75. The smallest absolute Gasteiger partial charge is 0.293 e. The molecule has 0 N–H and O–H groups in total. The van der Waals surface area contributed by atoms with Crippen LogP contribution in [0.2, 0.25) is 10.0 Å². The summed E-state index contributed by atoms with van der Waals surface area (Å²) < 4.78 is 2.06. The predicted octanol–water partition coefficient (Wildman–Crippen LogP) is 8.39. The highest BCUT2D eigenvalue weighted by molar-refractivity contribution is 8.18. The topological polar surface area (TPSA) is 42.3 Å². The Hall–Kier alpha value is -3.51. The number of fused-ring (bicyclic) bond motifs is 2. The van der Waals surface area contributed by atoms with Gasteiger partial charge in [0.15, 0.2) is 0 Å². The van der Waals surface area contributed by atoms with E-state index in [1.54, 1.807) is 6.08 Å². The third-order valence-corrected chi connectivity index (χ3v) is 8.14. The molecule has 7 heteroatoms. The number of carbonyl (C=O) groups is 2. The number of rotatable bonds is 5. The minimum Gasteiger partial charge on any atom is -0.342 e. The van der Waals surface area contributed by atoms with Crippen LogP contribution in [0.5, 0.6) is 0 Å². The molecule has 0 saturated carbocycles. The first-order valence-electron chi connectivity index (χ1n) is 11.7. The summed E-state index contributed by atoms with van der Waals surface area (Å²) in [5.41, 5.74) is 3.58. The lowest BCUT2D eigenvalue weighted by molar-refractivity contribution is -0.123. The summed E-state index contributed by atoms with van der Waals surface area (Å²) in [6, 6.07) is 27.4. The quantitative estimate of drug-likeness (QED) is 0.209. The van der Waals surface area contributed by atoms with E-state index in [1.165, 1.54) is 4.90 Å². The fourth-order valence-electron chi connectivity index (χ4n) is 4.67. The maximum atomic E-state index is 13.3. The molecule has 182 valence electrons. The van der Waals surface area contributed by atoms with Crippen LogP contribution in [0.1, 0.15) is 16.7 Å². The Labute approximate surface area is 228 Å². The minimum absolute atomic E-state index is 0.236. The van der Waals surface area contributed by atoms with Crippen molar-refractivity contribution in [3.05, 3.63) is 123 Å². The molecule has 2 amide bonds. The van der Waals surface area contributed by atoms with Gasteiger partial charge in [-0.2, -0.15) is 0 Å². The number of aromatic nitrogens is 1. The van der Waals surface area contributed by atoms with Crippen LogP contribution in [-0.2, 0) is 17.9 Å². The van der Waals surface area contributed by atoms with Crippen LogP contribution in [0.4, 0.5) is 4.79 Å². The van der Waals surface area contributed by atoms with Crippen LogP contribution in [0, 0.1) is 0 Å². The van der Waals surface area contributed by atoms with Crippen LogP contribution in [0.25, 0.3) is 27.8 Å². The van der Waals surface area contributed by atoms with Crippen molar-refractivity contribution in [2.24, 2.45) is 0 Å². The first-order valence-corrected chi connectivity index (χ1v) is 13.3. The van der Waals surface area contributed by atoms with Crippen LogP contribution in [0.3, 0.4) is 0 Å². The lowest BCUT2D eigenvalue weighted by Crippen LogP contribution is -2.27. The zero-order valence-electron chi connectivity index (χ0n) is 19.5. The zero-order valence-corrected chi connectivity index (χ0v) is 21.9. The van der Waals surface area contributed by atoms with E-state index >= 15 is 0 Å². The summed E-state index contributed by atoms with van der Waals surface area (Å²) in [6.07, 6.45) is 3.78. The van der Waals surface area contributed by atoms with Gasteiger partial charge in [-0.25, -0.2) is 0 Å². The van der Waals surface area contributed by atoms with Crippen molar-refractivity contribution in [3.8, 4) is 0 Å². The fourth-order valence-corrected chi connectivity index (χ4v) is 6.02. The van der Waals surface area contributed by atoms with Crippen molar-refractivity contribution in [1.82, 2.24) is 9.47 Å². The summed E-state index contributed by atoms with van der Waals surface area (Å²) in [4.78, 5) is 27.8. The number of carbonyl (C=O) groups excluding carboxylic acids is 2. The third-order valence-electron chi connectivity index (χ3n) is 6.52. The second-order valence-electron chi connectivity index (χ2n) is 8.88. The first-order chi connectivity index (χ1) is 18.0. The highest BCUT2D eigenvalue weighted by Crippen LogP contribution is 2.36. The van der Waals surface area contributed by atoms with Gasteiger partial charge in [0.25, 0.3) is 11.1 Å². The number of imide groups is 1. The Bertz CT molecular complexity index is 1720. The number of thioether (sulfide) groups is 1. The van der Waals surface area contributed by atoms with Gasteiger partial charge in [-0.1, -0.05) is 83.9 Å². The Morgan fingerprint density at radius 2 is 1.51 bits per heavy atom. The van der Waals surface area contributed by atoms with Crippen molar-refractivity contribution >= 4 is 73.9 Å². The first kappa shape index (κ1) is 23.9. The molecule has 2 heterocycles. The largest absolute Gasteiger partial charge is 0.342 e. The van der Waals surface area contributed by atoms with Gasteiger partial charge in [-0.05, 0) is 58.4 Å². The molecule has 4 aromatic carbocycles. The second-order valence-corrected chi connectivity index (χ2v) is 10.7. The maximum absolute atomic E-state index is 13.3. The number of benzene rings is 4. The van der Waals surface area contributed by atoms with Gasteiger partial charge in [0.1, 0.15) is 0 Å². The van der Waals surface area contributed by atoms with E-state index in [-0.39, 0.29) is 17.7 Å². The monoisotopic (exact) mass is 542 g/mol. The molecule has 1 saturated heterocycles. The Morgan fingerprint density at radius 3 is 2.32 bits per heavy atom. The maximum Gasteiger partial charge on any atom is 0.293 e. The van der Waals surface area contributed by atoms with Crippen LogP contribution in [-0.4, -0.2) is 20.6 Å². The van der Waals surface area contributed by atoms with Gasteiger partial charge in [0.05, 0.1) is 18.0 Å². The molecule has 4 nitrogen and oxygen atoms in total. The fraction of sp³-hybridized carbons (Fsp3) is 0.0667. The molecular formula is C30H20Cl2N2O2S. The van der Waals surface area contributed by atoms with Crippen LogP contribution in [0.15, 0.2) is 96.0 Å². The van der Waals surface area contributed by atoms with Crippen molar-refractivity contribution in [3.63, 3.8) is 0 Å². The Morgan fingerprint density at radius 1 is 0.784 bits per heavy atom. The molecule has 1 fully saturated rings. The average molecular weight is 543 g/mol. The summed E-state index contributed by atoms with van der Waals surface area (Å²) >= 11 is 13.8. The number of amides is 2. The van der Waals surface area contributed by atoms with Gasteiger partial charge >= 0.3 is 0 Å². The lowest BCUT2D eigenvalue weighted by Gasteiger charge is -2.13. The van der Waals surface area contributed by atoms with Crippen molar-refractivity contribution in [1.29, 1.82) is 0 Å². The minimum atomic E-state index is -0.283. The molecule has 1 aliphatic heterocycles. The molecular weight excluding hydrogens is 523 g/mol. The van der Waals surface area contributed by atoms with E-state index in [9.17, 15) is 9.59 Å². The van der Waals surface area contributed by atoms with E-state index in [0.29, 0.717) is 21.5 Å². The van der Waals surface area contributed by atoms with Crippen molar-refractivity contribution < 1.29 is 9.59 Å². The molecule has 0 spiro atoms. The molecule has 6 rings (SSSR count). The number of hydrogen-bond donors (Lipinski definition) is 0. The van der Waals surface area contributed by atoms with Gasteiger partial charge in [0, 0.05) is 38.3 Å². The van der Waals surface area contributed by atoms with Crippen LogP contribution < -0.4 is 0 Å². The Kier molecular flexibility index (Phi) is 6.29. The number of hydrogen-bond acceptors (Lipinski definition) is 3. The lowest BCUT2D eigenvalue weighted by atomic mass is 10.1. The zero-order chi connectivity index (χ0) is 25.5. The standard InChI is InChI=1S/C30H20Cl2N2O2S/c31-25-9-5-10-26(32)24(25)18-33-17-22(23-8-3-4-11-27(23)33)15-28-29(35)34(30(36)37-28)16-19-12-13-20-6-1-2-7-21(20)14-19/h1-15,17H,16,18H2/b28-15-. The van der Waals surface area contributed by atoms with Gasteiger partial charge in [-0.3, -0.25) is 14.5 Å². The van der Waals surface area contributed by atoms with Crippen molar-refractivity contribution in [2.45, 2.75) is 13.1 Å². The number of para-hydroxylation sites is 1. The molecule has 0 atom stereocenters. The van der Waals surface area contributed by atoms with E-state index in [4.69, 9.17) is 23.2 Å². The molecule has 0 bridgehead atoms. The summed E-state index contributed by atoms with van der Waals surface area (Å²) in [6.45, 7) is 0.718. The highest BCUT2D eigenvalue weighted by Gasteiger charge is 2.35. The van der Waals surface area contributed by atoms with E-state index in [1.807, 2.05) is 91.1 Å². The Balaban J connectivity index is 1.31. The summed E-state index contributed by atoms with van der Waals surface area (Å²) in [5, 5.41) is 4.11. The number of halogens is 2. The molecule has 0 radical (unpaired) electrons. The van der Waals surface area contributed by atoms with Crippen molar-refractivity contribution in [2.75, 3.05) is 0 Å². The highest BCUT2D eigenvalue weighted by atomic mass is 35.5. The normalized spacial score (nSPS) is 15.0. The van der Waals surface area contributed by atoms with E-state index in [0.717, 1.165) is 50.1 Å². The predicted molar refractivity (Wildman–Crippen MR) is 153 cm³/mol. The SMILES string of the molecule is O=C1S/C(=C\c2cn(Cc3c(Cl)cccc3Cl)c3ccccc23)C(=O)N1Cc1ccc2ccccc2c1.